The summed E-state index contributed by atoms with van der Waals surface area (Å²) in [6.45, 7) is 6.39. The first-order valence-electron chi connectivity index (χ1n) is 14.7. The fraction of sp³-hybridized carbons (Fsp3) is 0.424. The summed E-state index contributed by atoms with van der Waals surface area (Å²) in [6, 6.07) is 10.5. The molecule has 2 aromatic rings. The predicted octanol–water partition coefficient (Wildman–Crippen LogP) is 7.10. The minimum Gasteiger partial charge on any atom is -0.488 e. The van der Waals surface area contributed by atoms with E-state index in [1.54, 1.807) is 17.0 Å². The van der Waals surface area contributed by atoms with Gasteiger partial charge in [0.05, 0.1) is 12.6 Å². The minimum atomic E-state index is -1.17. The Morgan fingerprint density at radius 2 is 1.91 bits per heavy atom. The summed E-state index contributed by atoms with van der Waals surface area (Å²) in [5.74, 6) is -0.355. The van der Waals surface area contributed by atoms with Gasteiger partial charge in [-0.3, -0.25) is 9.59 Å². The highest BCUT2D eigenvalue weighted by Gasteiger charge is 2.62. The number of halogens is 3. The van der Waals surface area contributed by atoms with Gasteiger partial charge in [-0.05, 0) is 104 Å². The number of piperidine rings is 1. The van der Waals surface area contributed by atoms with Crippen molar-refractivity contribution in [3.63, 3.8) is 0 Å². The van der Waals surface area contributed by atoms with Crippen molar-refractivity contribution in [2.45, 2.75) is 63.2 Å². The topological polar surface area (TPSA) is 97.0 Å². The smallest absolute Gasteiger partial charge is 0.410 e. The molecule has 2 aromatic carbocycles. The van der Waals surface area contributed by atoms with Gasteiger partial charge in [0, 0.05) is 44.3 Å². The van der Waals surface area contributed by atoms with E-state index in [2.05, 4.69) is 33.2 Å². The first-order valence-corrected chi connectivity index (χ1v) is 16.6. The van der Waals surface area contributed by atoms with Crippen LogP contribution in [0.25, 0.3) is 0 Å². The number of hydrogen-bond acceptors (Lipinski definition) is 5. The van der Waals surface area contributed by atoms with E-state index in [1.807, 2.05) is 63.3 Å². The molecular weight excluding hydrogens is 716 g/mol. The molecule has 44 heavy (non-hydrogen) atoms. The monoisotopic (exact) mass is 749 g/mol. The van der Waals surface area contributed by atoms with Crippen LogP contribution in [0.15, 0.2) is 59.7 Å². The number of allylic oxidation sites excluding steroid dienone is 4. The molecule has 8 nitrogen and oxygen atoms in total. The number of amides is 3. The van der Waals surface area contributed by atoms with E-state index in [0.717, 1.165) is 9.13 Å². The largest absolute Gasteiger partial charge is 0.488 e. The third kappa shape index (κ3) is 5.83. The molecule has 232 valence electrons. The van der Waals surface area contributed by atoms with E-state index in [1.165, 1.54) is 0 Å². The molecule has 1 aliphatic carbocycles. The normalized spacial score (nSPS) is 28.0. The van der Waals surface area contributed by atoms with E-state index >= 15 is 0 Å². The van der Waals surface area contributed by atoms with Crippen molar-refractivity contribution in [2.75, 3.05) is 18.4 Å². The molecular formula is C33H34Cl2IN3O5. The number of benzene rings is 2. The number of likely N-dealkylation sites (tertiary alicyclic amines) is 1. The van der Waals surface area contributed by atoms with Crippen molar-refractivity contribution in [3.05, 3.63) is 79.4 Å². The first-order chi connectivity index (χ1) is 20.8. The summed E-state index contributed by atoms with van der Waals surface area (Å²) < 4.78 is 13.1. The van der Waals surface area contributed by atoms with E-state index in [4.69, 9.17) is 32.7 Å². The van der Waals surface area contributed by atoms with Crippen molar-refractivity contribution in [1.29, 1.82) is 0 Å². The van der Waals surface area contributed by atoms with Crippen LogP contribution in [-0.4, -0.2) is 47.6 Å². The van der Waals surface area contributed by atoms with Crippen molar-refractivity contribution < 1.29 is 23.9 Å². The molecule has 0 bridgehead atoms. The minimum absolute atomic E-state index is 0.151. The van der Waals surface area contributed by atoms with Gasteiger partial charge in [0.25, 0.3) is 0 Å². The summed E-state index contributed by atoms with van der Waals surface area (Å²) in [4.78, 5) is 42.4. The molecule has 2 unspecified atom stereocenters. The molecule has 0 saturated carbocycles. The number of fused-ring (bicyclic) bond motifs is 2. The van der Waals surface area contributed by atoms with Crippen LogP contribution >= 0.6 is 45.8 Å². The lowest BCUT2D eigenvalue weighted by atomic mass is 9.57. The lowest BCUT2D eigenvalue weighted by molar-refractivity contribution is -0.135. The molecule has 2 N–H and O–H groups in total. The quantitative estimate of drug-likeness (QED) is 0.326. The number of carbonyl (C=O) groups is 3. The maximum atomic E-state index is 14.4. The molecule has 0 radical (unpaired) electrons. The van der Waals surface area contributed by atoms with Gasteiger partial charge < -0.3 is 25.0 Å². The van der Waals surface area contributed by atoms with Crippen molar-refractivity contribution in [3.8, 4) is 5.75 Å². The highest BCUT2D eigenvalue weighted by atomic mass is 127. The Labute approximate surface area is 280 Å². The van der Waals surface area contributed by atoms with Gasteiger partial charge in [0.1, 0.15) is 22.9 Å². The molecule has 1 spiro atoms. The fourth-order valence-electron chi connectivity index (χ4n) is 6.99. The van der Waals surface area contributed by atoms with Crippen molar-refractivity contribution in [1.82, 2.24) is 10.2 Å². The fourth-order valence-corrected chi connectivity index (χ4v) is 7.93. The van der Waals surface area contributed by atoms with Crippen LogP contribution in [0.3, 0.4) is 0 Å². The van der Waals surface area contributed by atoms with Gasteiger partial charge in [-0.15, -0.1) is 0 Å². The summed E-state index contributed by atoms with van der Waals surface area (Å²) in [5.41, 5.74) is 0.344. The third-order valence-corrected chi connectivity index (χ3v) is 9.94. The molecule has 0 aromatic heterocycles. The van der Waals surface area contributed by atoms with Crippen molar-refractivity contribution in [2.24, 2.45) is 11.8 Å². The van der Waals surface area contributed by atoms with Gasteiger partial charge in [-0.2, -0.15) is 0 Å². The zero-order chi connectivity index (χ0) is 31.4. The number of ether oxygens (including phenoxy) is 2. The number of nitrogens with zero attached hydrogens (tertiary/aromatic N) is 1. The number of nitrogens with one attached hydrogen (secondary N) is 2. The number of rotatable bonds is 4. The summed E-state index contributed by atoms with van der Waals surface area (Å²) >= 11 is 15.1. The van der Waals surface area contributed by atoms with Crippen LogP contribution in [0.2, 0.25) is 5.02 Å². The average Bonchev–Trinajstić information content (AvgIpc) is 3.52. The molecule has 3 amide bonds. The zero-order valence-corrected chi connectivity index (χ0v) is 28.3. The maximum Gasteiger partial charge on any atom is 0.410 e. The summed E-state index contributed by atoms with van der Waals surface area (Å²) in [5, 5.41) is 7.48. The highest BCUT2D eigenvalue weighted by Crippen LogP contribution is 2.58. The van der Waals surface area contributed by atoms with Crippen LogP contribution in [-0.2, 0) is 19.7 Å². The van der Waals surface area contributed by atoms with Gasteiger partial charge in [0.2, 0.25) is 11.8 Å². The van der Waals surface area contributed by atoms with Crippen LogP contribution < -0.4 is 15.4 Å². The molecule has 6 rings (SSSR count). The molecule has 5 atom stereocenters. The Morgan fingerprint density at radius 1 is 1.11 bits per heavy atom. The lowest BCUT2D eigenvalue weighted by Crippen LogP contribution is -2.59. The van der Waals surface area contributed by atoms with Gasteiger partial charge in [-0.1, -0.05) is 41.4 Å². The molecule has 2 saturated heterocycles. The van der Waals surface area contributed by atoms with Gasteiger partial charge in [0.15, 0.2) is 0 Å². The molecule has 4 aliphatic rings. The molecule has 3 heterocycles. The maximum absolute atomic E-state index is 14.4. The third-order valence-electron chi connectivity index (χ3n) is 8.76. The number of hydrogen-bond donors (Lipinski definition) is 2. The Balaban J connectivity index is 1.42. The highest BCUT2D eigenvalue weighted by molar-refractivity contribution is 14.1. The average molecular weight is 750 g/mol. The second-order valence-electron chi connectivity index (χ2n) is 12.8. The Hall–Kier alpha value is -2.76. The number of carbonyl (C=O) groups excluding carboxylic acids is 3. The predicted molar refractivity (Wildman–Crippen MR) is 178 cm³/mol. The molecule has 3 aliphatic heterocycles. The van der Waals surface area contributed by atoms with Crippen LogP contribution in [0.1, 0.15) is 57.2 Å². The van der Waals surface area contributed by atoms with E-state index in [-0.39, 0.29) is 36.4 Å². The molecule has 2 fully saturated rings. The van der Waals surface area contributed by atoms with E-state index < -0.39 is 23.0 Å². The Kier molecular flexibility index (Phi) is 8.43. The van der Waals surface area contributed by atoms with Crippen molar-refractivity contribution >= 4 is 69.4 Å². The van der Waals surface area contributed by atoms with Crippen LogP contribution in [0, 0.1) is 15.4 Å². The van der Waals surface area contributed by atoms with Crippen LogP contribution in [0.4, 0.5) is 10.5 Å². The first kappa shape index (κ1) is 31.2. The zero-order valence-electron chi connectivity index (χ0n) is 24.7. The Bertz CT molecular complexity index is 1590. The van der Waals surface area contributed by atoms with Crippen LogP contribution in [0.5, 0.6) is 5.75 Å². The van der Waals surface area contributed by atoms with E-state index in [9.17, 15) is 14.4 Å². The summed E-state index contributed by atoms with van der Waals surface area (Å²) in [6.07, 6.45) is 6.43. The Morgan fingerprint density at radius 3 is 2.66 bits per heavy atom. The second-order valence-corrected chi connectivity index (χ2v) is 15.0. The molecule has 11 heteroatoms. The lowest BCUT2D eigenvalue weighted by Gasteiger charge is -2.49. The van der Waals surface area contributed by atoms with Gasteiger partial charge >= 0.3 is 6.09 Å². The SMILES string of the molecule is CC(C)(C)OC(=O)N1CCC(Oc2ccc(I)cc2[C@@H]2NC(=O)C[C@@H](C3C=CC=C(Cl)C3)[C@]23C(=O)Nc2cc(Cl)ccc23)C1. The number of anilines is 1. The summed E-state index contributed by atoms with van der Waals surface area (Å²) in [7, 11) is 0. The van der Waals surface area contributed by atoms with Gasteiger partial charge in [-0.25, -0.2) is 4.79 Å². The second kappa shape index (κ2) is 11.9. The van der Waals surface area contributed by atoms with E-state index in [0.29, 0.717) is 53.0 Å². The standard InChI is InChI=1S/C33H34Cl2IN3O5/c1-32(2,3)44-31(42)39-12-11-22(17-39)43-27-10-8-21(36)15-23(27)29-33(24-9-7-20(35)14-26(24)37-30(33)41)25(16-28(40)38-29)18-5-4-6-19(34)13-18/h4-10,14-15,18,22,25,29H,11-13,16-17H2,1-3H3,(H,37,41)(H,38,40)/t18?,22?,25-,29-,33-/m0/s1.